The molecule has 7 nitrogen and oxygen atoms in total. The van der Waals surface area contributed by atoms with Gasteiger partial charge in [-0.25, -0.2) is 23.1 Å². The van der Waals surface area contributed by atoms with Crippen molar-refractivity contribution >= 4 is 22.8 Å². The zero-order valence-electron chi connectivity index (χ0n) is 15.7. The van der Waals surface area contributed by atoms with Crippen molar-refractivity contribution < 1.29 is 23.1 Å². The molecular weight excluding hydrogens is 399 g/mol. The summed E-state index contributed by atoms with van der Waals surface area (Å²) >= 11 is 0. The van der Waals surface area contributed by atoms with Gasteiger partial charge < -0.3 is 10.4 Å². The van der Waals surface area contributed by atoms with E-state index < -0.39 is 35.4 Å². The molecule has 0 aliphatic heterocycles. The number of fused-ring (bicyclic) bond motifs is 4. The molecule has 1 unspecified atom stereocenters. The molecule has 0 radical (unpaired) electrons. The molecule has 2 bridgehead atoms. The largest absolute Gasteiger partial charge is 0.481 e. The van der Waals surface area contributed by atoms with E-state index in [2.05, 4.69) is 25.5 Å². The van der Waals surface area contributed by atoms with E-state index in [1.54, 1.807) is 0 Å². The number of rotatable bonds is 4. The van der Waals surface area contributed by atoms with Gasteiger partial charge in [-0.15, -0.1) is 0 Å². The van der Waals surface area contributed by atoms with E-state index in [1.807, 2.05) is 0 Å². The number of aliphatic carboxylic acids is 1. The molecule has 3 fully saturated rings. The highest BCUT2D eigenvalue weighted by atomic mass is 19.1. The molecule has 3 N–H and O–H groups in total. The fourth-order valence-electron chi connectivity index (χ4n) is 4.97. The van der Waals surface area contributed by atoms with Gasteiger partial charge in [0, 0.05) is 12.1 Å². The SMILES string of the molecule is O=C(O)[C@@H]1C2CCC(CC2)C1Nc1nc(-c2[nH]nc3ncc(F)cc23)c(F)cc1F. The third-order valence-electron chi connectivity index (χ3n) is 6.35. The lowest BCUT2D eigenvalue weighted by Gasteiger charge is -2.47. The van der Waals surface area contributed by atoms with Gasteiger partial charge in [0.15, 0.2) is 23.1 Å². The van der Waals surface area contributed by atoms with Gasteiger partial charge in [-0.3, -0.25) is 9.89 Å². The van der Waals surface area contributed by atoms with E-state index in [-0.39, 0.29) is 40.1 Å². The summed E-state index contributed by atoms with van der Waals surface area (Å²) in [5.41, 5.74) is -0.0129. The summed E-state index contributed by atoms with van der Waals surface area (Å²) < 4.78 is 42.8. The highest BCUT2D eigenvalue weighted by Gasteiger charge is 2.47. The minimum absolute atomic E-state index is 0.0265. The van der Waals surface area contributed by atoms with Crippen LogP contribution in [-0.4, -0.2) is 37.3 Å². The number of pyridine rings is 2. The second-order valence-electron chi connectivity index (χ2n) is 7.98. The number of aromatic nitrogens is 4. The Morgan fingerprint density at radius 2 is 1.83 bits per heavy atom. The fraction of sp³-hybridized carbons (Fsp3) is 0.400. The van der Waals surface area contributed by atoms with E-state index in [0.29, 0.717) is 6.07 Å². The van der Waals surface area contributed by atoms with E-state index in [9.17, 15) is 23.1 Å². The van der Waals surface area contributed by atoms with Crippen molar-refractivity contribution in [3.05, 3.63) is 35.8 Å². The van der Waals surface area contributed by atoms with Gasteiger partial charge in [-0.1, -0.05) is 0 Å². The predicted molar refractivity (Wildman–Crippen MR) is 101 cm³/mol. The topological polar surface area (TPSA) is 104 Å². The second kappa shape index (κ2) is 6.96. The first-order valence-electron chi connectivity index (χ1n) is 9.77. The number of carboxylic acid groups (broad SMARTS) is 1. The van der Waals surface area contributed by atoms with Gasteiger partial charge in [0.25, 0.3) is 0 Å². The van der Waals surface area contributed by atoms with Crippen LogP contribution in [-0.2, 0) is 4.79 Å². The summed E-state index contributed by atoms with van der Waals surface area (Å²) in [6, 6.07) is 1.33. The maximum Gasteiger partial charge on any atom is 0.308 e. The number of hydrogen-bond donors (Lipinski definition) is 3. The molecule has 3 saturated carbocycles. The van der Waals surface area contributed by atoms with Crippen molar-refractivity contribution in [2.75, 3.05) is 5.32 Å². The molecule has 3 aromatic heterocycles. The number of nitrogens with one attached hydrogen (secondary N) is 2. The van der Waals surface area contributed by atoms with Crippen molar-refractivity contribution in [2.24, 2.45) is 17.8 Å². The summed E-state index contributed by atoms with van der Waals surface area (Å²) in [4.78, 5) is 19.8. The molecule has 0 spiro atoms. The number of aromatic amines is 1. The molecule has 3 aromatic rings. The van der Waals surface area contributed by atoms with Crippen LogP contribution in [0.3, 0.4) is 0 Å². The number of H-pyrrole nitrogens is 1. The van der Waals surface area contributed by atoms with Crippen LogP contribution in [0.2, 0.25) is 0 Å². The summed E-state index contributed by atoms with van der Waals surface area (Å²) in [7, 11) is 0. The van der Waals surface area contributed by atoms with Gasteiger partial charge >= 0.3 is 5.97 Å². The first-order valence-corrected chi connectivity index (χ1v) is 9.77. The second-order valence-corrected chi connectivity index (χ2v) is 7.98. The zero-order valence-corrected chi connectivity index (χ0v) is 15.7. The third-order valence-corrected chi connectivity index (χ3v) is 6.35. The van der Waals surface area contributed by atoms with Crippen molar-refractivity contribution in [3.63, 3.8) is 0 Å². The molecule has 0 aromatic carbocycles. The van der Waals surface area contributed by atoms with Gasteiger partial charge in [0.1, 0.15) is 11.5 Å². The summed E-state index contributed by atoms with van der Waals surface area (Å²) in [5.74, 6) is -4.21. The van der Waals surface area contributed by atoms with Crippen LogP contribution >= 0.6 is 0 Å². The smallest absolute Gasteiger partial charge is 0.308 e. The van der Waals surface area contributed by atoms with Crippen LogP contribution in [0.15, 0.2) is 18.3 Å². The lowest BCUT2D eigenvalue weighted by atomic mass is 9.61. The molecule has 10 heteroatoms. The van der Waals surface area contributed by atoms with Gasteiger partial charge in [-0.05, 0) is 43.6 Å². The molecule has 3 aliphatic rings. The average molecular weight is 417 g/mol. The summed E-state index contributed by atoms with van der Waals surface area (Å²) in [6.07, 6.45) is 4.38. The monoisotopic (exact) mass is 417 g/mol. The molecule has 3 heterocycles. The molecule has 2 atom stereocenters. The predicted octanol–water partition coefficient (Wildman–Crippen LogP) is 3.74. The fourth-order valence-corrected chi connectivity index (χ4v) is 4.97. The van der Waals surface area contributed by atoms with Crippen molar-refractivity contribution in [1.82, 2.24) is 20.2 Å². The van der Waals surface area contributed by atoms with Gasteiger partial charge in [0.05, 0.1) is 23.2 Å². The molecule has 0 amide bonds. The molecule has 0 saturated heterocycles. The van der Waals surface area contributed by atoms with E-state index >= 15 is 0 Å². The van der Waals surface area contributed by atoms with Crippen molar-refractivity contribution in [2.45, 2.75) is 31.7 Å². The number of carboxylic acids is 1. The highest BCUT2D eigenvalue weighted by Crippen LogP contribution is 2.46. The minimum Gasteiger partial charge on any atom is -0.481 e. The molecule has 156 valence electrons. The van der Waals surface area contributed by atoms with Crippen LogP contribution < -0.4 is 5.32 Å². The number of hydrogen-bond acceptors (Lipinski definition) is 5. The Kier molecular flexibility index (Phi) is 4.37. The Balaban J connectivity index is 1.55. The number of carbonyl (C=O) groups is 1. The number of nitrogens with zero attached hydrogens (tertiary/aromatic N) is 3. The lowest BCUT2D eigenvalue weighted by molar-refractivity contribution is -0.148. The Hall–Kier alpha value is -3.17. The van der Waals surface area contributed by atoms with Crippen LogP contribution in [0.25, 0.3) is 22.4 Å². The highest BCUT2D eigenvalue weighted by molar-refractivity contribution is 5.90. The Morgan fingerprint density at radius 3 is 2.57 bits per heavy atom. The van der Waals surface area contributed by atoms with Crippen molar-refractivity contribution in [3.8, 4) is 11.4 Å². The standard InChI is InChI=1S/C20H18F3N5O2/c21-10-5-11-16(27-28-18(11)24-7-10)17-12(22)6-13(23)19(26-17)25-15-9-3-1-8(2-4-9)14(15)20(29)30/h5-9,14-15H,1-4H2,(H,25,26)(H,29,30)(H,24,27,28)/t8?,9?,14-,15?/m1/s1. The van der Waals surface area contributed by atoms with Crippen LogP contribution in [0.1, 0.15) is 25.7 Å². The van der Waals surface area contributed by atoms with Crippen LogP contribution in [0.4, 0.5) is 19.0 Å². The van der Waals surface area contributed by atoms with Gasteiger partial charge in [0.2, 0.25) is 0 Å². The lowest BCUT2D eigenvalue weighted by Crippen LogP contribution is -2.51. The number of halogens is 3. The summed E-state index contributed by atoms with van der Waals surface area (Å²) in [6.45, 7) is 0. The first-order chi connectivity index (χ1) is 14.4. The van der Waals surface area contributed by atoms with Crippen molar-refractivity contribution in [1.29, 1.82) is 0 Å². The maximum atomic E-state index is 14.6. The number of anilines is 1. The Morgan fingerprint density at radius 1 is 1.10 bits per heavy atom. The molecule has 6 rings (SSSR count). The Labute approximate surface area is 168 Å². The van der Waals surface area contributed by atoms with Crippen LogP contribution in [0, 0.1) is 35.2 Å². The van der Waals surface area contributed by atoms with E-state index in [1.165, 1.54) is 0 Å². The minimum atomic E-state index is -0.951. The van der Waals surface area contributed by atoms with Crippen LogP contribution in [0.5, 0.6) is 0 Å². The summed E-state index contributed by atoms with van der Waals surface area (Å²) in [5, 5.41) is 19.3. The Bertz CT molecular complexity index is 1140. The first kappa shape index (κ1) is 18.8. The van der Waals surface area contributed by atoms with Gasteiger partial charge in [-0.2, -0.15) is 5.10 Å². The third kappa shape index (κ3) is 2.98. The van der Waals surface area contributed by atoms with E-state index in [0.717, 1.165) is 37.9 Å². The maximum absolute atomic E-state index is 14.6. The normalized spacial score (nSPS) is 25.6. The average Bonchev–Trinajstić information content (AvgIpc) is 3.13. The quantitative estimate of drug-likeness (QED) is 0.598. The molecular formula is C20H18F3N5O2. The molecule has 30 heavy (non-hydrogen) atoms. The molecule has 3 aliphatic carbocycles. The zero-order chi connectivity index (χ0) is 21.0. The van der Waals surface area contributed by atoms with E-state index in [4.69, 9.17) is 0 Å².